The number of benzene rings is 3. The molecule has 8 heteroatoms. The van der Waals surface area contributed by atoms with Gasteiger partial charge in [0.2, 0.25) is 5.82 Å². The lowest BCUT2D eigenvalue weighted by molar-refractivity contribution is 0.171. The molecule has 0 radical (unpaired) electrons. The van der Waals surface area contributed by atoms with Crippen molar-refractivity contribution < 1.29 is 18.8 Å². The monoisotopic (exact) mass is 494 g/mol. The Balaban J connectivity index is 1.49. The first-order chi connectivity index (χ1) is 18.0. The van der Waals surface area contributed by atoms with Crippen LogP contribution >= 0.6 is 0 Å². The number of hydrogen-bond acceptors (Lipinski definition) is 6. The molecule has 6 rings (SSSR count). The molecule has 0 saturated carbocycles. The number of carbonyl (C=O) groups is 1. The number of allylic oxidation sites excluding steroid dienone is 1. The van der Waals surface area contributed by atoms with Gasteiger partial charge in [-0.05, 0) is 49.6 Å². The smallest absolute Gasteiger partial charge is 0.327 e. The number of fused-ring (bicyclic) bond motifs is 1. The molecule has 0 saturated heterocycles. The Morgan fingerprint density at radius 3 is 2.46 bits per heavy atom. The molecular weight excluding hydrogens is 468 g/mol. The van der Waals surface area contributed by atoms with Crippen LogP contribution in [0.15, 0.2) is 77.0 Å². The average Bonchev–Trinajstić information content (AvgIpc) is 3.40. The van der Waals surface area contributed by atoms with Crippen LogP contribution in [0.1, 0.15) is 35.5 Å². The number of ether oxygens (including phenoxy) is 2. The van der Waals surface area contributed by atoms with E-state index in [2.05, 4.69) is 36.5 Å². The van der Waals surface area contributed by atoms with E-state index in [0.29, 0.717) is 47.8 Å². The summed E-state index contributed by atoms with van der Waals surface area (Å²) in [6.07, 6.45) is 0. The molecule has 2 aliphatic rings. The van der Waals surface area contributed by atoms with E-state index >= 15 is 0 Å². The maximum atomic E-state index is 13.6. The minimum Gasteiger partial charge on any atom is -0.486 e. The van der Waals surface area contributed by atoms with Crippen LogP contribution in [0.25, 0.3) is 17.0 Å². The number of nitrogens with one attached hydrogen (secondary N) is 1. The lowest BCUT2D eigenvalue weighted by atomic mass is 9.92. The molecule has 1 N–H and O–H groups in total. The van der Waals surface area contributed by atoms with Crippen LogP contribution in [0, 0.1) is 13.8 Å². The first kappa shape index (κ1) is 22.8. The summed E-state index contributed by atoms with van der Waals surface area (Å²) in [5, 5.41) is 7.41. The van der Waals surface area contributed by atoms with Crippen molar-refractivity contribution in [2.45, 2.75) is 26.8 Å². The van der Waals surface area contributed by atoms with Crippen molar-refractivity contribution >= 4 is 17.3 Å². The molecule has 37 heavy (non-hydrogen) atoms. The molecule has 0 fully saturated rings. The molecule has 4 aromatic rings. The standard InChI is InChI=1S/C29H26N4O4/c1-17-9-10-21(15-18(17)2)26-25(28-31-27(32-37-28)20-7-5-4-6-8-20)19(3)33(29(34)30-26)22-11-12-23-24(16-22)36-14-13-35-23/h4-12,15-16,26H,13-14H2,1-3H3,(H,30,34). The Labute approximate surface area is 214 Å². The van der Waals surface area contributed by atoms with Gasteiger partial charge >= 0.3 is 6.03 Å². The summed E-state index contributed by atoms with van der Waals surface area (Å²) >= 11 is 0. The molecule has 2 amide bonds. The highest BCUT2D eigenvalue weighted by Crippen LogP contribution is 2.41. The number of nitrogens with zero attached hydrogens (tertiary/aromatic N) is 3. The Morgan fingerprint density at radius 1 is 0.892 bits per heavy atom. The summed E-state index contributed by atoms with van der Waals surface area (Å²) in [5.41, 5.74) is 6.16. The van der Waals surface area contributed by atoms with E-state index in [9.17, 15) is 4.79 Å². The highest BCUT2D eigenvalue weighted by molar-refractivity contribution is 6.01. The summed E-state index contributed by atoms with van der Waals surface area (Å²) in [6, 6.07) is 20.6. The highest BCUT2D eigenvalue weighted by atomic mass is 16.6. The second-order valence-electron chi connectivity index (χ2n) is 9.18. The molecular formula is C29H26N4O4. The Kier molecular flexibility index (Phi) is 5.64. The SMILES string of the molecule is CC1=C(c2nc(-c3ccccc3)no2)C(c2ccc(C)c(C)c2)NC(=O)N1c1ccc2c(c1)OCCO2. The van der Waals surface area contributed by atoms with E-state index in [1.54, 1.807) is 4.90 Å². The van der Waals surface area contributed by atoms with Crippen molar-refractivity contribution in [2.24, 2.45) is 0 Å². The van der Waals surface area contributed by atoms with Gasteiger partial charge in [-0.2, -0.15) is 4.98 Å². The van der Waals surface area contributed by atoms with Crippen molar-refractivity contribution in [3.63, 3.8) is 0 Å². The number of amides is 2. The van der Waals surface area contributed by atoms with Crippen LogP contribution < -0.4 is 19.7 Å². The maximum absolute atomic E-state index is 13.6. The zero-order chi connectivity index (χ0) is 25.5. The summed E-state index contributed by atoms with van der Waals surface area (Å²) < 4.78 is 17.2. The number of hydrogen-bond donors (Lipinski definition) is 1. The van der Waals surface area contributed by atoms with E-state index in [1.165, 1.54) is 5.56 Å². The predicted molar refractivity (Wildman–Crippen MR) is 139 cm³/mol. The third-order valence-corrected chi connectivity index (χ3v) is 6.82. The van der Waals surface area contributed by atoms with Crippen molar-refractivity contribution in [3.05, 3.63) is 95.0 Å². The number of anilines is 1. The van der Waals surface area contributed by atoms with E-state index in [1.807, 2.05) is 61.5 Å². The lowest BCUT2D eigenvalue weighted by Gasteiger charge is -2.35. The van der Waals surface area contributed by atoms with Crippen molar-refractivity contribution in [1.29, 1.82) is 0 Å². The van der Waals surface area contributed by atoms with Gasteiger partial charge in [-0.25, -0.2) is 4.79 Å². The molecule has 2 aliphatic heterocycles. The largest absolute Gasteiger partial charge is 0.486 e. The molecule has 0 spiro atoms. The van der Waals surface area contributed by atoms with Gasteiger partial charge in [0.05, 0.1) is 17.3 Å². The predicted octanol–water partition coefficient (Wildman–Crippen LogP) is 5.83. The minimum absolute atomic E-state index is 0.260. The molecule has 0 aliphatic carbocycles. The number of rotatable bonds is 4. The summed E-state index contributed by atoms with van der Waals surface area (Å²) in [4.78, 5) is 19.9. The molecule has 8 nitrogen and oxygen atoms in total. The van der Waals surface area contributed by atoms with Crippen LogP contribution in [0.4, 0.5) is 10.5 Å². The topological polar surface area (TPSA) is 89.7 Å². The zero-order valence-electron chi connectivity index (χ0n) is 20.8. The van der Waals surface area contributed by atoms with E-state index in [4.69, 9.17) is 19.0 Å². The van der Waals surface area contributed by atoms with Crippen LogP contribution in [0.5, 0.6) is 11.5 Å². The Hall–Kier alpha value is -4.59. The molecule has 3 aromatic carbocycles. The molecule has 1 aromatic heterocycles. The zero-order valence-corrected chi connectivity index (χ0v) is 20.8. The maximum Gasteiger partial charge on any atom is 0.327 e. The fourth-order valence-corrected chi connectivity index (χ4v) is 4.73. The Bertz CT molecular complexity index is 1530. The number of aryl methyl sites for hydroxylation is 2. The number of aromatic nitrogens is 2. The van der Waals surface area contributed by atoms with Crippen LogP contribution in [-0.2, 0) is 0 Å². The Morgan fingerprint density at radius 2 is 1.68 bits per heavy atom. The number of urea groups is 1. The molecule has 1 unspecified atom stereocenters. The van der Waals surface area contributed by atoms with Gasteiger partial charge in [-0.3, -0.25) is 4.90 Å². The van der Waals surface area contributed by atoms with Gasteiger partial charge in [-0.1, -0.05) is 53.7 Å². The van der Waals surface area contributed by atoms with Crippen molar-refractivity contribution in [3.8, 4) is 22.9 Å². The molecule has 3 heterocycles. The highest BCUT2D eigenvalue weighted by Gasteiger charge is 2.37. The van der Waals surface area contributed by atoms with Gasteiger partial charge in [0.25, 0.3) is 5.89 Å². The van der Waals surface area contributed by atoms with E-state index in [-0.39, 0.29) is 6.03 Å². The summed E-state index contributed by atoms with van der Waals surface area (Å²) in [7, 11) is 0. The minimum atomic E-state index is -0.468. The molecule has 186 valence electrons. The normalized spacial score (nSPS) is 17.1. The second-order valence-corrected chi connectivity index (χ2v) is 9.18. The third-order valence-electron chi connectivity index (χ3n) is 6.82. The van der Waals surface area contributed by atoms with Crippen LogP contribution in [0.3, 0.4) is 0 Å². The average molecular weight is 495 g/mol. The van der Waals surface area contributed by atoms with Gasteiger partial charge in [0, 0.05) is 17.3 Å². The summed E-state index contributed by atoms with van der Waals surface area (Å²) in [5.74, 6) is 2.10. The number of carbonyl (C=O) groups excluding carboxylic acids is 1. The van der Waals surface area contributed by atoms with Crippen molar-refractivity contribution in [2.75, 3.05) is 18.1 Å². The van der Waals surface area contributed by atoms with Gasteiger partial charge < -0.3 is 19.3 Å². The molecule has 1 atom stereocenters. The second kappa shape index (κ2) is 9.13. The lowest BCUT2D eigenvalue weighted by Crippen LogP contribution is -2.46. The van der Waals surface area contributed by atoms with Crippen LogP contribution in [0.2, 0.25) is 0 Å². The van der Waals surface area contributed by atoms with Crippen LogP contribution in [-0.4, -0.2) is 29.4 Å². The van der Waals surface area contributed by atoms with E-state index < -0.39 is 6.04 Å². The van der Waals surface area contributed by atoms with Gasteiger partial charge in [0.15, 0.2) is 11.5 Å². The van der Waals surface area contributed by atoms with Gasteiger partial charge in [-0.15, -0.1) is 0 Å². The first-order valence-electron chi connectivity index (χ1n) is 12.2. The quantitative estimate of drug-likeness (QED) is 0.384. The third kappa shape index (κ3) is 4.10. The van der Waals surface area contributed by atoms with Gasteiger partial charge in [0.1, 0.15) is 13.2 Å². The fraction of sp³-hybridized carbons (Fsp3) is 0.207. The fourth-order valence-electron chi connectivity index (χ4n) is 4.73. The first-order valence-corrected chi connectivity index (χ1v) is 12.2. The van der Waals surface area contributed by atoms with E-state index in [0.717, 1.165) is 22.3 Å². The molecule has 0 bridgehead atoms. The summed E-state index contributed by atoms with van der Waals surface area (Å²) in [6.45, 7) is 6.97. The van der Waals surface area contributed by atoms with Crippen molar-refractivity contribution in [1.82, 2.24) is 15.5 Å².